The number of para-hydroxylation sites is 1. The highest BCUT2D eigenvalue weighted by molar-refractivity contribution is 6.39. The Kier molecular flexibility index (Phi) is 11.3. The van der Waals surface area contributed by atoms with E-state index in [1.165, 1.54) is 0 Å². The molecule has 242 valence electrons. The summed E-state index contributed by atoms with van der Waals surface area (Å²) < 4.78 is 11.4. The maximum Gasteiger partial charge on any atom is 0.220 e. The molecule has 0 saturated carbocycles. The number of rotatable bonds is 14. The van der Waals surface area contributed by atoms with Crippen molar-refractivity contribution in [3.8, 4) is 34.1 Å². The molecule has 2 atom stereocenters. The third kappa shape index (κ3) is 7.89. The van der Waals surface area contributed by atoms with Gasteiger partial charge in [0.2, 0.25) is 11.8 Å². The van der Waals surface area contributed by atoms with Gasteiger partial charge in [-0.05, 0) is 37.6 Å². The van der Waals surface area contributed by atoms with E-state index >= 15 is 0 Å². The number of carbonyl (C=O) groups is 1. The Hall–Kier alpha value is -3.93. The number of anilines is 2. The van der Waals surface area contributed by atoms with Crippen molar-refractivity contribution in [3.63, 3.8) is 0 Å². The second kappa shape index (κ2) is 15.6. The van der Waals surface area contributed by atoms with Crippen molar-refractivity contribution < 1.29 is 19.4 Å². The van der Waals surface area contributed by atoms with Crippen LogP contribution in [0.2, 0.25) is 10.0 Å². The van der Waals surface area contributed by atoms with Crippen molar-refractivity contribution in [2.45, 2.75) is 45.0 Å². The number of hydrogen-bond donors (Lipinski definition) is 5. The van der Waals surface area contributed by atoms with Crippen LogP contribution in [-0.2, 0) is 17.9 Å². The maximum atomic E-state index is 11.5. The molecule has 2 aromatic heterocycles. The molecule has 0 unspecified atom stereocenters. The fraction of sp³-hybridized carbons (Fsp3) is 0.324. The predicted octanol–water partition coefficient (Wildman–Crippen LogP) is 5.72. The fourth-order valence-electron chi connectivity index (χ4n) is 5.41. The molecule has 5 N–H and O–H groups in total. The summed E-state index contributed by atoms with van der Waals surface area (Å²) in [5, 5.41) is 23.4. The maximum absolute atomic E-state index is 11.5. The lowest BCUT2D eigenvalue weighted by atomic mass is 10.0. The van der Waals surface area contributed by atoms with Crippen LogP contribution < -0.4 is 30.7 Å². The van der Waals surface area contributed by atoms with E-state index in [9.17, 15) is 9.90 Å². The number of aliphatic hydroxyl groups is 1. The Balaban J connectivity index is 1.37. The van der Waals surface area contributed by atoms with Gasteiger partial charge in [0.25, 0.3) is 0 Å². The molecule has 0 bridgehead atoms. The van der Waals surface area contributed by atoms with E-state index in [1.54, 1.807) is 27.3 Å². The first-order chi connectivity index (χ1) is 22.3. The van der Waals surface area contributed by atoms with E-state index in [0.29, 0.717) is 82.5 Å². The summed E-state index contributed by atoms with van der Waals surface area (Å²) in [7, 11) is 3.20. The molecule has 1 aliphatic rings. The molecule has 0 radical (unpaired) electrons. The molecule has 0 spiro atoms. The van der Waals surface area contributed by atoms with Crippen molar-refractivity contribution in [1.82, 2.24) is 25.9 Å². The number of amides is 1. The quantitative estimate of drug-likeness (QED) is 0.115. The van der Waals surface area contributed by atoms with Crippen LogP contribution in [0.5, 0.6) is 11.6 Å². The number of aromatic nitrogens is 2. The van der Waals surface area contributed by atoms with Gasteiger partial charge in [-0.25, -0.2) is 4.98 Å². The minimum absolute atomic E-state index is 0.0945. The summed E-state index contributed by atoms with van der Waals surface area (Å²) in [5.74, 6) is 1.25. The Bertz CT molecular complexity index is 1690. The topological polar surface area (TPSA) is 130 Å². The molecule has 0 aliphatic carbocycles. The standard InChI is InChI=1S/C34H38Cl2N6O4/c1-20(43)16-37-17-21-6-4-9-28(33(21)45-2)41-27-8-5-7-25(30(27)35)32-31(36)24(14-15-39-32)26-12-10-22(34(42-26)46-3)18-38-19-23-11-13-29(44)40-23/h4-10,12,14-15,20,23,37-38,41,43H,11,13,16-19H2,1-3H3,(H,40,44)/t20-,23+/m1/s1. The van der Waals surface area contributed by atoms with Gasteiger partial charge in [0.15, 0.2) is 0 Å². The van der Waals surface area contributed by atoms with Gasteiger partial charge in [-0.3, -0.25) is 9.78 Å². The van der Waals surface area contributed by atoms with E-state index in [2.05, 4.69) is 26.3 Å². The van der Waals surface area contributed by atoms with Crippen molar-refractivity contribution in [1.29, 1.82) is 0 Å². The van der Waals surface area contributed by atoms with Crippen LogP contribution in [0.3, 0.4) is 0 Å². The number of carbonyl (C=O) groups excluding carboxylic acids is 1. The zero-order valence-corrected chi connectivity index (χ0v) is 27.5. The first kappa shape index (κ1) is 33.4. The molecular weight excluding hydrogens is 627 g/mol. The fourth-order valence-corrected chi connectivity index (χ4v) is 5.98. The molecule has 12 heteroatoms. The van der Waals surface area contributed by atoms with Crippen LogP contribution in [0, 0.1) is 0 Å². The SMILES string of the molecule is COc1nc(-c2ccnc(-c3cccc(Nc4cccc(CNC[C@@H](C)O)c4OC)c3Cl)c2Cl)ccc1CNC[C@@H]1CCC(=O)N1. The molecule has 1 aliphatic heterocycles. The lowest BCUT2D eigenvalue weighted by Crippen LogP contribution is -2.35. The number of nitrogens with one attached hydrogen (secondary N) is 4. The number of benzene rings is 2. The lowest BCUT2D eigenvalue weighted by Gasteiger charge is -2.18. The number of halogens is 2. The molecule has 10 nitrogen and oxygen atoms in total. The smallest absolute Gasteiger partial charge is 0.220 e. The van der Waals surface area contributed by atoms with Gasteiger partial charge in [-0.2, -0.15) is 0 Å². The third-order valence-electron chi connectivity index (χ3n) is 7.67. The minimum atomic E-state index is -0.453. The second-order valence-electron chi connectivity index (χ2n) is 11.1. The average molecular weight is 666 g/mol. The van der Waals surface area contributed by atoms with Gasteiger partial charge >= 0.3 is 0 Å². The first-order valence-electron chi connectivity index (χ1n) is 15.1. The van der Waals surface area contributed by atoms with Crippen LogP contribution in [0.15, 0.2) is 60.8 Å². The minimum Gasteiger partial charge on any atom is -0.494 e. The molecule has 1 fully saturated rings. The molecular formula is C34H38Cl2N6O4. The van der Waals surface area contributed by atoms with Gasteiger partial charge in [-0.15, -0.1) is 0 Å². The highest BCUT2D eigenvalue weighted by atomic mass is 35.5. The highest BCUT2D eigenvalue weighted by Crippen LogP contribution is 2.42. The Morgan fingerprint density at radius 3 is 2.48 bits per heavy atom. The molecule has 46 heavy (non-hydrogen) atoms. The monoisotopic (exact) mass is 664 g/mol. The first-order valence-corrected chi connectivity index (χ1v) is 15.8. The van der Waals surface area contributed by atoms with Crippen LogP contribution in [-0.4, -0.2) is 60.4 Å². The van der Waals surface area contributed by atoms with E-state index < -0.39 is 6.10 Å². The van der Waals surface area contributed by atoms with E-state index in [4.69, 9.17) is 37.7 Å². The van der Waals surface area contributed by atoms with Crippen LogP contribution >= 0.6 is 23.2 Å². The summed E-state index contributed by atoms with van der Waals surface area (Å²) in [4.78, 5) is 20.8. The van der Waals surface area contributed by atoms with Crippen molar-refractivity contribution in [2.75, 3.05) is 32.6 Å². The Labute approximate surface area is 278 Å². The largest absolute Gasteiger partial charge is 0.494 e. The van der Waals surface area contributed by atoms with Gasteiger partial charge in [0.05, 0.1) is 53.1 Å². The van der Waals surface area contributed by atoms with Gasteiger partial charge in [0, 0.05) is 67.1 Å². The summed E-state index contributed by atoms with van der Waals surface area (Å²) in [6.07, 6.45) is 2.63. The number of nitrogens with zero attached hydrogens (tertiary/aromatic N) is 2. The van der Waals surface area contributed by atoms with Crippen LogP contribution in [0.25, 0.3) is 22.5 Å². The number of ether oxygens (including phenoxy) is 2. The summed E-state index contributed by atoms with van der Waals surface area (Å²) in [6.45, 7) is 3.94. The Morgan fingerprint density at radius 1 is 0.957 bits per heavy atom. The lowest BCUT2D eigenvalue weighted by molar-refractivity contribution is -0.119. The number of aliphatic hydroxyl groups excluding tert-OH is 1. The van der Waals surface area contributed by atoms with Gasteiger partial charge in [0.1, 0.15) is 5.75 Å². The summed E-state index contributed by atoms with van der Waals surface area (Å²) >= 11 is 14.0. The normalized spacial score (nSPS) is 15.0. The zero-order valence-electron chi connectivity index (χ0n) is 26.0. The summed E-state index contributed by atoms with van der Waals surface area (Å²) in [5.41, 5.74) is 5.71. The predicted molar refractivity (Wildman–Crippen MR) is 182 cm³/mol. The molecule has 2 aromatic carbocycles. The van der Waals surface area contributed by atoms with Crippen molar-refractivity contribution in [3.05, 3.63) is 82.0 Å². The van der Waals surface area contributed by atoms with Crippen molar-refractivity contribution in [2.24, 2.45) is 0 Å². The zero-order chi connectivity index (χ0) is 32.6. The van der Waals surface area contributed by atoms with Crippen molar-refractivity contribution >= 4 is 40.5 Å². The molecule has 4 aromatic rings. The number of methoxy groups -OCH3 is 2. The van der Waals surface area contributed by atoms with Crippen LogP contribution in [0.1, 0.15) is 30.9 Å². The average Bonchev–Trinajstić information content (AvgIpc) is 3.47. The molecule has 1 amide bonds. The Morgan fingerprint density at radius 2 is 1.74 bits per heavy atom. The van der Waals surface area contributed by atoms with Gasteiger partial charge in [-0.1, -0.05) is 53.5 Å². The van der Waals surface area contributed by atoms with E-state index in [1.807, 2.05) is 54.6 Å². The summed E-state index contributed by atoms with van der Waals surface area (Å²) in [6, 6.07) is 17.2. The van der Waals surface area contributed by atoms with E-state index in [-0.39, 0.29) is 11.9 Å². The van der Waals surface area contributed by atoms with Gasteiger partial charge < -0.3 is 35.8 Å². The third-order valence-corrected chi connectivity index (χ3v) is 8.46. The highest BCUT2D eigenvalue weighted by Gasteiger charge is 2.21. The molecule has 1 saturated heterocycles. The molecule has 3 heterocycles. The second-order valence-corrected chi connectivity index (χ2v) is 11.8. The number of pyridine rings is 2. The molecule has 5 rings (SSSR count). The van der Waals surface area contributed by atoms with Crippen LogP contribution in [0.4, 0.5) is 11.4 Å². The number of hydrogen-bond acceptors (Lipinski definition) is 9. The van der Waals surface area contributed by atoms with E-state index in [0.717, 1.165) is 23.2 Å².